The van der Waals surface area contributed by atoms with E-state index in [1.807, 2.05) is 0 Å². The van der Waals surface area contributed by atoms with E-state index >= 15 is 0 Å². The number of para-hydroxylation sites is 2. The molecule has 0 N–H and O–H groups in total. The largest absolute Gasteiger partial charge is 0.310 e. The van der Waals surface area contributed by atoms with E-state index < -0.39 is 0 Å². The topological polar surface area (TPSA) is 8.17 Å². The molecular weight excluding hydrogens is 641 g/mol. The Morgan fingerprint density at radius 1 is 0.509 bits per heavy atom. The second-order valence-electron chi connectivity index (χ2n) is 14.9. The molecule has 2 aliphatic carbocycles. The highest BCUT2D eigenvalue weighted by Gasteiger charge is 2.36. The van der Waals surface area contributed by atoms with E-state index in [9.17, 15) is 0 Å². The molecule has 0 spiro atoms. The monoisotopic (exact) mass is 680 g/mol. The summed E-state index contributed by atoms with van der Waals surface area (Å²) in [7, 11) is 0. The summed E-state index contributed by atoms with van der Waals surface area (Å²) in [4.78, 5) is 2.41. The summed E-state index contributed by atoms with van der Waals surface area (Å²) in [6.45, 7) is 4.77. The van der Waals surface area contributed by atoms with Crippen LogP contribution in [0.2, 0.25) is 0 Å². The lowest BCUT2D eigenvalue weighted by atomic mass is 9.82. The lowest BCUT2D eigenvalue weighted by molar-refractivity contribution is 0.660. The van der Waals surface area contributed by atoms with Crippen LogP contribution < -0.4 is 4.90 Å². The van der Waals surface area contributed by atoms with Crippen LogP contribution in [0.4, 0.5) is 17.1 Å². The van der Waals surface area contributed by atoms with Gasteiger partial charge in [0, 0.05) is 38.9 Å². The summed E-state index contributed by atoms with van der Waals surface area (Å²) >= 11 is 0. The van der Waals surface area contributed by atoms with Gasteiger partial charge in [-0.25, -0.2) is 0 Å². The normalized spacial score (nSPS) is 14.3. The van der Waals surface area contributed by atoms with Gasteiger partial charge < -0.3 is 9.47 Å². The van der Waals surface area contributed by atoms with Crippen LogP contribution in [0.3, 0.4) is 0 Å². The second-order valence-corrected chi connectivity index (χ2v) is 14.9. The summed E-state index contributed by atoms with van der Waals surface area (Å²) in [5.74, 6) is 0. The van der Waals surface area contributed by atoms with Crippen LogP contribution >= 0.6 is 0 Å². The van der Waals surface area contributed by atoms with Gasteiger partial charge in [0.05, 0.1) is 11.0 Å². The molecule has 254 valence electrons. The molecule has 0 radical (unpaired) electrons. The van der Waals surface area contributed by atoms with Gasteiger partial charge in [-0.3, -0.25) is 0 Å². The summed E-state index contributed by atoms with van der Waals surface area (Å²) in [6.07, 6.45) is 8.87. The third-order valence-electron chi connectivity index (χ3n) is 11.5. The highest BCUT2D eigenvalue weighted by molar-refractivity contribution is 6.09. The molecule has 0 atom stereocenters. The first-order chi connectivity index (χ1) is 26.0. The maximum atomic E-state index is 2.43. The van der Waals surface area contributed by atoms with Gasteiger partial charge in [-0.1, -0.05) is 135 Å². The average molecular weight is 681 g/mol. The van der Waals surface area contributed by atoms with E-state index in [1.165, 1.54) is 72.0 Å². The molecule has 0 saturated heterocycles. The van der Waals surface area contributed by atoms with Crippen LogP contribution in [0.5, 0.6) is 0 Å². The summed E-state index contributed by atoms with van der Waals surface area (Å²) in [5.41, 5.74) is 17.4. The molecule has 0 aliphatic heterocycles. The molecule has 7 aromatic carbocycles. The molecule has 8 aromatic rings. The van der Waals surface area contributed by atoms with E-state index in [1.54, 1.807) is 0 Å². The zero-order valence-electron chi connectivity index (χ0n) is 30.1. The Hall–Kier alpha value is -6.38. The first-order valence-corrected chi connectivity index (χ1v) is 18.7. The maximum absolute atomic E-state index is 2.43. The highest BCUT2D eigenvalue weighted by atomic mass is 15.1. The Balaban J connectivity index is 1.07. The molecule has 1 heterocycles. The van der Waals surface area contributed by atoms with Crippen LogP contribution in [0.1, 0.15) is 43.4 Å². The smallest absolute Gasteiger partial charge is 0.0541 e. The number of aromatic nitrogens is 1. The van der Waals surface area contributed by atoms with Crippen molar-refractivity contribution in [2.75, 3.05) is 4.90 Å². The summed E-state index contributed by atoms with van der Waals surface area (Å²) in [6, 6.07) is 60.5. The minimum absolute atomic E-state index is 0.191. The minimum atomic E-state index is -0.191. The Morgan fingerprint density at radius 3 is 1.70 bits per heavy atom. The average Bonchev–Trinajstić information content (AvgIpc) is 3.67. The number of allylic oxidation sites excluding steroid dienone is 4. The van der Waals surface area contributed by atoms with E-state index in [2.05, 4.69) is 205 Å². The fraction of sp³-hybridized carbons (Fsp3) is 0.0980. The molecule has 0 amide bonds. The van der Waals surface area contributed by atoms with Crippen molar-refractivity contribution in [1.29, 1.82) is 0 Å². The van der Waals surface area contributed by atoms with Gasteiger partial charge in [0.2, 0.25) is 0 Å². The van der Waals surface area contributed by atoms with Crippen molar-refractivity contribution in [2.45, 2.75) is 32.1 Å². The van der Waals surface area contributed by atoms with E-state index in [0.717, 1.165) is 29.9 Å². The Bertz CT molecular complexity index is 2670. The molecule has 2 heteroatoms. The van der Waals surface area contributed by atoms with Crippen LogP contribution in [0.15, 0.2) is 182 Å². The number of fused-ring (bicyclic) bond motifs is 6. The van der Waals surface area contributed by atoms with Crippen LogP contribution in [-0.2, 0) is 5.41 Å². The van der Waals surface area contributed by atoms with Crippen molar-refractivity contribution >= 4 is 44.4 Å². The summed E-state index contributed by atoms with van der Waals surface area (Å²) < 4.78 is 2.43. The minimum Gasteiger partial charge on any atom is -0.310 e. The van der Waals surface area contributed by atoms with Crippen molar-refractivity contribution in [3.63, 3.8) is 0 Å². The number of nitrogens with zero attached hydrogens (tertiary/aromatic N) is 2. The lowest BCUT2D eigenvalue weighted by Crippen LogP contribution is -2.17. The first kappa shape index (κ1) is 31.4. The van der Waals surface area contributed by atoms with Gasteiger partial charge in [0.15, 0.2) is 0 Å². The summed E-state index contributed by atoms with van der Waals surface area (Å²) in [5, 5.41) is 2.57. The zero-order valence-corrected chi connectivity index (χ0v) is 30.1. The number of hydrogen-bond acceptors (Lipinski definition) is 1. The third-order valence-corrected chi connectivity index (χ3v) is 11.5. The number of anilines is 3. The van der Waals surface area contributed by atoms with Gasteiger partial charge in [-0.2, -0.15) is 0 Å². The lowest BCUT2D eigenvalue weighted by Gasteiger charge is -2.28. The first-order valence-electron chi connectivity index (χ1n) is 18.7. The van der Waals surface area contributed by atoms with E-state index in [4.69, 9.17) is 0 Å². The number of hydrogen-bond donors (Lipinski definition) is 0. The molecule has 0 saturated carbocycles. The molecular formula is C51H40N2. The van der Waals surface area contributed by atoms with Crippen molar-refractivity contribution in [1.82, 2.24) is 4.57 Å². The van der Waals surface area contributed by atoms with Crippen molar-refractivity contribution < 1.29 is 0 Å². The maximum Gasteiger partial charge on any atom is 0.0541 e. The molecule has 53 heavy (non-hydrogen) atoms. The fourth-order valence-corrected chi connectivity index (χ4v) is 8.74. The van der Waals surface area contributed by atoms with Gasteiger partial charge in [0.25, 0.3) is 0 Å². The molecule has 1 aromatic heterocycles. The van der Waals surface area contributed by atoms with Gasteiger partial charge in [-0.05, 0) is 118 Å². The Kier molecular flexibility index (Phi) is 7.33. The van der Waals surface area contributed by atoms with E-state index in [-0.39, 0.29) is 5.41 Å². The van der Waals surface area contributed by atoms with Gasteiger partial charge in [0.1, 0.15) is 0 Å². The van der Waals surface area contributed by atoms with Gasteiger partial charge in [-0.15, -0.1) is 0 Å². The van der Waals surface area contributed by atoms with Crippen molar-refractivity contribution in [3.05, 3.63) is 199 Å². The SMILES string of the molecule is CC1(C)c2cc(N(c3ccc(C4=CC=CCC4)cc3)c3ccc(-c4ccccc4)cc3)ccc2-c2ccc(-n3c4ccccc4c4ccccc43)cc21. The zero-order chi connectivity index (χ0) is 35.5. The van der Waals surface area contributed by atoms with E-state index in [0.29, 0.717) is 0 Å². The molecule has 2 aliphatic rings. The predicted molar refractivity (Wildman–Crippen MR) is 225 cm³/mol. The molecule has 0 unspecified atom stereocenters. The van der Waals surface area contributed by atoms with Crippen LogP contribution in [0.25, 0.3) is 55.3 Å². The Labute approximate surface area is 311 Å². The quantitative estimate of drug-likeness (QED) is 0.170. The predicted octanol–water partition coefficient (Wildman–Crippen LogP) is 14.0. The highest BCUT2D eigenvalue weighted by Crippen LogP contribution is 2.51. The molecule has 0 fully saturated rings. The van der Waals surface area contributed by atoms with Crippen LogP contribution in [0, 0.1) is 0 Å². The Morgan fingerprint density at radius 2 is 1.06 bits per heavy atom. The molecule has 2 nitrogen and oxygen atoms in total. The standard InChI is InChI=1S/C51H40N2/c1-51(2)47-33-41(29-31-43(47)44-32-30-42(34-48(44)51)53-49-19-11-9-17-45(49)46-18-10-12-20-50(46)53)52(39-25-21-37(22-26-39)35-13-5-3-6-14-35)40-27-23-38(24-28-40)36-15-7-4-8-16-36/h3-7,9-15,17-34H,8,16H2,1-2H3. The fourth-order valence-electron chi connectivity index (χ4n) is 8.74. The van der Waals surface area contributed by atoms with Gasteiger partial charge >= 0.3 is 0 Å². The molecule has 0 bridgehead atoms. The van der Waals surface area contributed by atoms with Crippen molar-refractivity contribution in [3.8, 4) is 27.9 Å². The number of rotatable bonds is 6. The van der Waals surface area contributed by atoms with Crippen molar-refractivity contribution in [2.24, 2.45) is 0 Å². The third kappa shape index (κ3) is 5.17. The number of benzene rings is 7. The molecule has 10 rings (SSSR count). The second kappa shape index (κ2) is 12.4. The van der Waals surface area contributed by atoms with Crippen LogP contribution in [-0.4, -0.2) is 4.57 Å².